The predicted octanol–water partition coefficient (Wildman–Crippen LogP) is 6.79. The molecule has 0 saturated heterocycles. The van der Waals surface area contributed by atoms with Crippen molar-refractivity contribution in [3.05, 3.63) is 74.7 Å². The first-order valence-corrected chi connectivity index (χ1v) is 11.1. The Balaban J connectivity index is 1.76. The van der Waals surface area contributed by atoms with Crippen LogP contribution in [-0.2, 0) is 13.0 Å². The maximum absolute atomic E-state index is 11.6. The number of furan rings is 1. The van der Waals surface area contributed by atoms with Gasteiger partial charge in [0.1, 0.15) is 17.1 Å². The van der Waals surface area contributed by atoms with Gasteiger partial charge >= 0.3 is 0 Å². The van der Waals surface area contributed by atoms with Crippen molar-refractivity contribution in [2.45, 2.75) is 32.7 Å². The molecule has 0 bridgehead atoms. The fourth-order valence-electron chi connectivity index (χ4n) is 3.64. The molecule has 0 aliphatic carbocycles. The van der Waals surface area contributed by atoms with Crippen molar-refractivity contribution in [1.29, 1.82) is 5.26 Å². The van der Waals surface area contributed by atoms with E-state index in [2.05, 4.69) is 33.9 Å². The van der Waals surface area contributed by atoms with Gasteiger partial charge in [-0.2, -0.15) is 5.26 Å². The molecule has 0 amide bonds. The molecule has 156 valence electrons. The van der Waals surface area contributed by atoms with Crippen molar-refractivity contribution < 1.29 is 9.21 Å². The lowest BCUT2D eigenvalue weighted by molar-refractivity contribution is 0.111. The number of carbonyl (C=O) groups is 1. The van der Waals surface area contributed by atoms with Crippen LogP contribution in [0.5, 0.6) is 0 Å². The van der Waals surface area contributed by atoms with E-state index in [4.69, 9.17) is 16.0 Å². The summed E-state index contributed by atoms with van der Waals surface area (Å²) in [4.78, 5) is 16.0. The molecule has 0 saturated carbocycles. The molecular weight excluding hydrogens is 478 g/mol. The van der Waals surface area contributed by atoms with Crippen LogP contribution < -0.4 is 0 Å². The Hall–Kier alpha value is -2.88. The van der Waals surface area contributed by atoms with E-state index in [1.807, 2.05) is 41.0 Å². The van der Waals surface area contributed by atoms with Crippen LogP contribution in [0.1, 0.15) is 47.2 Å². The Morgan fingerprint density at radius 2 is 2.10 bits per heavy atom. The monoisotopic (exact) mass is 495 g/mol. The molecule has 5 nitrogen and oxygen atoms in total. The summed E-state index contributed by atoms with van der Waals surface area (Å²) >= 11 is 9.86. The van der Waals surface area contributed by atoms with Crippen LogP contribution in [0, 0.1) is 11.3 Å². The number of hydrogen-bond donors (Lipinski definition) is 0. The molecule has 4 rings (SSSR count). The highest BCUT2D eigenvalue weighted by Gasteiger charge is 2.19. The molecule has 0 aliphatic heterocycles. The smallest absolute Gasteiger partial charge is 0.169 e. The molecule has 0 atom stereocenters. The summed E-state index contributed by atoms with van der Waals surface area (Å²) in [6, 6.07) is 15.4. The quantitative estimate of drug-likeness (QED) is 0.264. The summed E-state index contributed by atoms with van der Waals surface area (Å²) in [7, 11) is 0. The first-order valence-electron chi connectivity index (χ1n) is 9.97. The molecular formula is C24H19BrClN3O2. The van der Waals surface area contributed by atoms with Gasteiger partial charge in [-0.1, -0.05) is 43.1 Å². The molecule has 0 unspecified atom stereocenters. The summed E-state index contributed by atoms with van der Waals surface area (Å²) in [6.45, 7) is 2.59. The van der Waals surface area contributed by atoms with Crippen molar-refractivity contribution >= 4 is 44.8 Å². The van der Waals surface area contributed by atoms with E-state index in [0.717, 1.165) is 52.4 Å². The maximum Gasteiger partial charge on any atom is 0.169 e. The predicted molar refractivity (Wildman–Crippen MR) is 124 cm³/mol. The van der Waals surface area contributed by atoms with Crippen molar-refractivity contribution in [1.82, 2.24) is 9.55 Å². The Kier molecular flexibility index (Phi) is 6.26. The SMILES string of the molecule is CCCCc1nc(Cl)c(C=O)n1Cc1ccc2oc(-c3ccccc3C#N)c(Br)c2c1. The Labute approximate surface area is 193 Å². The number of aromatic nitrogens is 2. The number of fused-ring (bicyclic) bond motifs is 1. The van der Waals surface area contributed by atoms with Gasteiger partial charge < -0.3 is 8.98 Å². The van der Waals surface area contributed by atoms with E-state index in [1.54, 1.807) is 6.07 Å². The summed E-state index contributed by atoms with van der Waals surface area (Å²) in [5.74, 6) is 1.43. The molecule has 2 aromatic carbocycles. The number of nitrogens with zero attached hydrogens (tertiary/aromatic N) is 3. The second-order valence-corrected chi connectivity index (χ2v) is 8.40. The molecule has 31 heavy (non-hydrogen) atoms. The molecule has 2 aromatic heterocycles. The van der Waals surface area contributed by atoms with Gasteiger partial charge in [-0.25, -0.2) is 4.98 Å². The van der Waals surface area contributed by atoms with Crippen molar-refractivity contribution in [3.8, 4) is 17.4 Å². The van der Waals surface area contributed by atoms with Gasteiger partial charge in [0, 0.05) is 23.9 Å². The van der Waals surface area contributed by atoms with Crippen molar-refractivity contribution in [3.63, 3.8) is 0 Å². The number of aryl methyl sites for hydroxylation is 1. The summed E-state index contributed by atoms with van der Waals surface area (Å²) < 4.78 is 8.73. The van der Waals surface area contributed by atoms with Gasteiger partial charge in [-0.05, 0) is 52.2 Å². The number of nitriles is 1. The molecule has 0 spiro atoms. The molecule has 0 radical (unpaired) electrons. The number of halogens is 2. The molecule has 0 fully saturated rings. The number of imidazole rings is 1. The lowest BCUT2D eigenvalue weighted by Gasteiger charge is -2.09. The van der Waals surface area contributed by atoms with E-state index < -0.39 is 0 Å². The number of rotatable bonds is 7. The lowest BCUT2D eigenvalue weighted by atomic mass is 10.1. The average Bonchev–Trinajstić information content (AvgIpc) is 3.27. The van der Waals surface area contributed by atoms with Crippen LogP contribution in [0.2, 0.25) is 5.15 Å². The van der Waals surface area contributed by atoms with Gasteiger partial charge in [0.15, 0.2) is 17.2 Å². The number of aldehydes is 1. The summed E-state index contributed by atoms with van der Waals surface area (Å²) in [5.41, 5.74) is 3.38. The zero-order chi connectivity index (χ0) is 22.0. The first-order chi connectivity index (χ1) is 15.1. The maximum atomic E-state index is 11.6. The van der Waals surface area contributed by atoms with Crippen LogP contribution >= 0.6 is 27.5 Å². The van der Waals surface area contributed by atoms with E-state index >= 15 is 0 Å². The van der Waals surface area contributed by atoms with Crippen molar-refractivity contribution in [2.75, 3.05) is 0 Å². The van der Waals surface area contributed by atoms with E-state index in [9.17, 15) is 10.1 Å². The standard InChI is InChI=1S/C24H19BrClN3O2/c1-2-3-8-21-28-24(26)19(14-30)29(21)13-15-9-10-20-18(11-15)22(25)23(31-20)17-7-5-4-6-16(17)12-27/h4-7,9-11,14H,2-3,8,13H2,1H3. The van der Waals surface area contributed by atoms with Crippen LogP contribution in [0.15, 0.2) is 51.4 Å². The van der Waals surface area contributed by atoms with Gasteiger partial charge in [-0.3, -0.25) is 4.79 Å². The third-order valence-corrected chi connectivity index (χ3v) is 6.30. The van der Waals surface area contributed by atoms with Gasteiger partial charge in [-0.15, -0.1) is 0 Å². The number of benzene rings is 2. The normalized spacial score (nSPS) is 11.0. The minimum absolute atomic E-state index is 0.238. The van der Waals surface area contributed by atoms with Crippen molar-refractivity contribution in [2.24, 2.45) is 0 Å². The van der Waals surface area contributed by atoms with E-state index in [0.29, 0.717) is 29.1 Å². The van der Waals surface area contributed by atoms with Crippen LogP contribution in [0.3, 0.4) is 0 Å². The van der Waals surface area contributed by atoms with E-state index in [-0.39, 0.29) is 5.15 Å². The second-order valence-electron chi connectivity index (χ2n) is 7.24. The Morgan fingerprint density at radius 3 is 2.84 bits per heavy atom. The molecule has 4 aromatic rings. The third-order valence-electron chi connectivity index (χ3n) is 5.23. The van der Waals surface area contributed by atoms with Gasteiger partial charge in [0.25, 0.3) is 0 Å². The molecule has 7 heteroatoms. The Bertz CT molecular complexity index is 1320. The minimum atomic E-state index is 0.238. The summed E-state index contributed by atoms with van der Waals surface area (Å²) in [6.07, 6.45) is 3.52. The topological polar surface area (TPSA) is 71.8 Å². The fraction of sp³-hybridized carbons (Fsp3) is 0.208. The van der Waals surface area contributed by atoms with Crippen LogP contribution in [-0.4, -0.2) is 15.8 Å². The first kappa shape index (κ1) is 21.4. The number of carbonyl (C=O) groups excluding carboxylic acids is 1. The van der Waals surface area contributed by atoms with Gasteiger partial charge in [0.05, 0.1) is 16.1 Å². The fourth-order valence-corrected chi connectivity index (χ4v) is 4.49. The molecule has 0 N–H and O–H groups in total. The van der Waals surface area contributed by atoms with Crippen LogP contribution in [0.25, 0.3) is 22.3 Å². The highest BCUT2D eigenvalue weighted by atomic mass is 79.9. The highest BCUT2D eigenvalue weighted by Crippen LogP contribution is 2.39. The minimum Gasteiger partial charge on any atom is -0.455 e. The van der Waals surface area contributed by atoms with Crippen LogP contribution in [0.4, 0.5) is 0 Å². The lowest BCUT2D eigenvalue weighted by Crippen LogP contribution is -2.08. The largest absolute Gasteiger partial charge is 0.455 e. The third kappa shape index (κ3) is 4.04. The number of unbranched alkanes of at least 4 members (excludes halogenated alkanes) is 1. The molecule has 2 heterocycles. The van der Waals surface area contributed by atoms with E-state index in [1.165, 1.54) is 0 Å². The second kappa shape index (κ2) is 9.09. The zero-order valence-corrected chi connectivity index (χ0v) is 19.2. The summed E-state index contributed by atoms with van der Waals surface area (Å²) in [5, 5.41) is 10.6. The average molecular weight is 497 g/mol. The Morgan fingerprint density at radius 1 is 1.29 bits per heavy atom. The molecule has 0 aliphatic rings. The van der Waals surface area contributed by atoms with Gasteiger partial charge in [0.2, 0.25) is 0 Å². The zero-order valence-electron chi connectivity index (χ0n) is 16.9. The number of hydrogen-bond acceptors (Lipinski definition) is 4. The highest BCUT2D eigenvalue weighted by molar-refractivity contribution is 9.10.